The molecule has 1 amide bonds. The molecule has 0 aromatic heterocycles. The molecule has 1 aliphatic rings. The number of hydrogen-bond donors (Lipinski definition) is 0. The number of carbonyl (C=O) groups excluding carboxylic acids is 1. The predicted octanol–water partition coefficient (Wildman–Crippen LogP) is 2.15. The van der Waals surface area contributed by atoms with Crippen LogP contribution in [0.2, 0.25) is 0 Å². The van der Waals surface area contributed by atoms with Gasteiger partial charge in [0.05, 0.1) is 0 Å². The van der Waals surface area contributed by atoms with E-state index in [0.29, 0.717) is 11.8 Å². The van der Waals surface area contributed by atoms with Gasteiger partial charge in [-0.15, -0.1) is 0 Å². The van der Waals surface area contributed by atoms with E-state index in [0.717, 1.165) is 13.1 Å². The van der Waals surface area contributed by atoms with Gasteiger partial charge in [-0.2, -0.15) is 0 Å². The van der Waals surface area contributed by atoms with Crippen LogP contribution in [0.25, 0.3) is 0 Å². The molecule has 1 heterocycles. The van der Waals surface area contributed by atoms with Crippen molar-refractivity contribution in [2.45, 2.75) is 34.6 Å². The molecule has 0 aromatic rings. The highest BCUT2D eigenvalue weighted by Gasteiger charge is 2.34. The molecule has 13 heavy (non-hydrogen) atoms. The molecule has 76 valence electrons. The molecule has 2 nitrogen and oxygen atoms in total. The minimum Gasteiger partial charge on any atom is -0.342 e. The van der Waals surface area contributed by atoms with Gasteiger partial charge in [0.25, 0.3) is 0 Å². The Morgan fingerprint density at radius 1 is 1.38 bits per heavy atom. The largest absolute Gasteiger partial charge is 0.342 e. The topological polar surface area (TPSA) is 20.3 Å². The van der Waals surface area contributed by atoms with Crippen molar-refractivity contribution in [2.24, 2.45) is 17.3 Å². The Morgan fingerprint density at radius 3 is 2.15 bits per heavy atom. The van der Waals surface area contributed by atoms with Crippen molar-refractivity contribution >= 4 is 5.91 Å². The molecular formula is C11H21NO. The average molecular weight is 183 g/mol. The molecule has 1 aliphatic heterocycles. The number of hydrogen-bond acceptors (Lipinski definition) is 1. The number of nitrogens with zero attached hydrogens (tertiary/aromatic N) is 1. The molecule has 1 fully saturated rings. The normalized spacial score (nSPS) is 21.2. The molecule has 0 aliphatic carbocycles. The lowest BCUT2D eigenvalue weighted by Gasteiger charge is -2.41. The Hall–Kier alpha value is -0.530. The van der Waals surface area contributed by atoms with Crippen molar-refractivity contribution in [2.75, 3.05) is 13.1 Å². The molecule has 1 rings (SSSR count). The third kappa shape index (κ3) is 2.23. The van der Waals surface area contributed by atoms with E-state index in [1.165, 1.54) is 0 Å². The third-order valence-corrected chi connectivity index (χ3v) is 3.05. The van der Waals surface area contributed by atoms with E-state index < -0.39 is 0 Å². The zero-order valence-corrected chi connectivity index (χ0v) is 9.42. The Kier molecular flexibility index (Phi) is 2.69. The summed E-state index contributed by atoms with van der Waals surface area (Å²) in [6.07, 6.45) is 0. The lowest BCUT2D eigenvalue weighted by atomic mass is 9.80. The van der Waals surface area contributed by atoms with Crippen LogP contribution >= 0.6 is 0 Å². The fraction of sp³-hybridized carbons (Fsp3) is 0.909. The van der Waals surface area contributed by atoms with E-state index >= 15 is 0 Å². The van der Waals surface area contributed by atoms with Crippen LogP contribution in [0, 0.1) is 17.3 Å². The van der Waals surface area contributed by atoms with Crippen LogP contribution in [0.15, 0.2) is 0 Å². The van der Waals surface area contributed by atoms with E-state index in [-0.39, 0.29) is 11.3 Å². The van der Waals surface area contributed by atoms with Crippen LogP contribution in [0.5, 0.6) is 0 Å². The van der Waals surface area contributed by atoms with E-state index in [9.17, 15) is 4.79 Å². The van der Waals surface area contributed by atoms with Crippen LogP contribution in [0.4, 0.5) is 0 Å². The molecule has 0 unspecified atom stereocenters. The second kappa shape index (κ2) is 3.32. The summed E-state index contributed by atoms with van der Waals surface area (Å²) < 4.78 is 0. The monoisotopic (exact) mass is 183 g/mol. The van der Waals surface area contributed by atoms with Crippen LogP contribution < -0.4 is 0 Å². The first kappa shape index (κ1) is 10.6. The molecule has 0 aromatic carbocycles. The Balaban J connectivity index is 2.49. The van der Waals surface area contributed by atoms with Gasteiger partial charge in [0.2, 0.25) is 5.91 Å². The zero-order chi connectivity index (χ0) is 10.2. The smallest absolute Gasteiger partial charge is 0.225 e. The summed E-state index contributed by atoms with van der Waals surface area (Å²) in [5.41, 5.74) is 0.0932. The number of rotatable bonds is 1. The van der Waals surface area contributed by atoms with Crippen molar-refractivity contribution < 1.29 is 4.79 Å². The first-order chi connectivity index (χ1) is 5.82. The Morgan fingerprint density at radius 2 is 1.85 bits per heavy atom. The number of likely N-dealkylation sites (tertiary alicyclic amines) is 1. The van der Waals surface area contributed by atoms with E-state index in [4.69, 9.17) is 0 Å². The van der Waals surface area contributed by atoms with Crippen molar-refractivity contribution in [3.8, 4) is 0 Å². The SMILES string of the molecule is CC1CN(C(=O)[C@H](C)C(C)(C)C)C1. The fourth-order valence-corrected chi connectivity index (χ4v) is 1.52. The molecule has 0 spiro atoms. The standard InChI is InChI=1S/C11H21NO/c1-8-6-12(7-8)10(13)9(2)11(3,4)5/h8-9H,6-7H2,1-5H3/t9-/m0/s1. The quantitative estimate of drug-likeness (QED) is 0.610. The van der Waals surface area contributed by atoms with Gasteiger partial charge in [0.1, 0.15) is 0 Å². The van der Waals surface area contributed by atoms with Crippen molar-refractivity contribution in [1.82, 2.24) is 4.90 Å². The minimum atomic E-state index is 0.0932. The summed E-state index contributed by atoms with van der Waals surface area (Å²) in [6, 6.07) is 0. The fourth-order valence-electron chi connectivity index (χ4n) is 1.52. The predicted molar refractivity (Wildman–Crippen MR) is 54.4 cm³/mol. The van der Waals surface area contributed by atoms with E-state index in [2.05, 4.69) is 27.7 Å². The van der Waals surface area contributed by atoms with Crippen molar-refractivity contribution in [3.05, 3.63) is 0 Å². The van der Waals surface area contributed by atoms with Crippen LogP contribution in [-0.4, -0.2) is 23.9 Å². The highest BCUT2D eigenvalue weighted by atomic mass is 16.2. The van der Waals surface area contributed by atoms with Gasteiger partial charge in [0.15, 0.2) is 0 Å². The van der Waals surface area contributed by atoms with Crippen molar-refractivity contribution in [3.63, 3.8) is 0 Å². The van der Waals surface area contributed by atoms with Gasteiger partial charge in [-0.3, -0.25) is 4.79 Å². The maximum Gasteiger partial charge on any atom is 0.225 e. The first-order valence-corrected chi connectivity index (χ1v) is 5.11. The molecule has 2 heteroatoms. The number of carbonyl (C=O) groups is 1. The van der Waals surface area contributed by atoms with Gasteiger partial charge >= 0.3 is 0 Å². The molecule has 1 saturated heterocycles. The number of amides is 1. The van der Waals surface area contributed by atoms with E-state index in [1.54, 1.807) is 0 Å². The maximum atomic E-state index is 11.8. The molecule has 0 N–H and O–H groups in total. The summed E-state index contributed by atoms with van der Waals surface area (Å²) in [7, 11) is 0. The second-order valence-corrected chi connectivity index (χ2v) is 5.44. The minimum absolute atomic E-state index is 0.0932. The van der Waals surface area contributed by atoms with Crippen molar-refractivity contribution in [1.29, 1.82) is 0 Å². The Labute approximate surface area is 81.3 Å². The van der Waals surface area contributed by atoms with Crippen LogP contribution in [0.1, 0.15) is 34.6 Å². The van der Waals surface area contributed by atoms with Gasteiger partial charge in [-0.25, -0.2) is 0 Å². The summed E-state index contributed by atoms with van der Waals surface area (Å²) in [4.78, 5) is 13.8. The van der Waals surface area contributed by atoms with Crippen LogP contribution in [0.3, 0.4) is 0 Å². The van der Waals surface area contributed by atoms with Gasteiger partial charge < -0.3 is 4.90 Å². The second-order valence-electron chi connectivity index (χ2n) is 5.44. The molecule has 1 atom stereocenters. The first-order valence-electron chi connectivity index (χ1n) is 5.11. The average Bonchev–Trinajstić information content (AvgIpc) is 1.94. The summed E-state index contributed by atoms with van der Waals surface area (Å²) in [5, 5.41) is 0. The summed E-state index contributed by atoms with van der Waals surface area (Å²) in [5.74, 6) is 1.17. The van der Waals surface area contributed by atoms with Gasteiger partial charge in [-0.05, 0) is 11.3 Å². The maximum absolute atomic E-state index is 11.8. The summed E-state index contributed by atoms with van der Waals surface area (Å²) >= 11 is 0. The third-order valence-electron chi connectivity index (χ3n) is 3.05. The Bertz CT molecular complexity index is 199. The molecule has 0 saturated carbocycles. The van der Waals surface area contributed by atoms with Crippen LogP contribution in [-0.2, 0) is 4.79 Å². The summed E-state index contributed by atoms with van der Waals surface area (Å²) in [6.45, 7) is 12.5. The highest BCUT2D eigenvalue weighted by Crippen LogP contribution is 2.29. The zero-order valence-electron chi connectivity index (χ0n) is 9.42. The highest BCUT2D eigenvalue weighted by molar-refractivity contribution is 5.79. The lowest BCUT2D eigenvalue weighted by molar-refractivity contribution is -0.144. The van der Waals surface area contributed by atoms with Gasteiger partial charge in [0, 0.05) is 19.0 Å². The molecule has 0 bridgehead atoms. The van der Waals surface area contributed by atoms with E-state index in [1.807, 2.05) is 11.8 Å². The van der Waals surface area contributed by atoms with Gasteiger partial charge in [-0.1, -0.05) is 34.6 Å². The molecular weight excluding hydrogens is 162 g/mol. The lowest BCUT2D eigenvalue weighted by Crippen LogP contribution is -2.52. The molecule has 0 radical (unpaired) electrons.